The molecule has 0 spiro atoms. The van der Waals surface area contributed by atoms with Crippen molar-refractivity contribution in [3.8, 4) is 6.07 Å². The van der Waals surface area contributed by atoms with Crippen LogP contribution in [0.3, 0.4) is 0 Å². The van der Waals surface area contributed by atoms with Crippen molar-refractivity contribution in [2.24, 2.45) is 0 Å². The number of nitriles is 1. The first kappa shape index (κ1) is 11.9. The Balaban J connectivity index is 3.16. The van der Waals surface area contributed by atoms with Crippen molar-refractivity contribution in [3.63, 3.8) is 0 Å². The lowest BCUT2D eigenvalue weighted by Crippen LogP contribution is -2.45. The maximum atomic E-state index is 9.90. The van der Waals surface area contributed by atoms with Crippen molar-refractivity contribution in [1.82, 2.24) is 0 Å². The van der Waals surface area contributed by atoms with Crippen LogP contribution in [0.15, 0.2) is 22.8 Å². The summed E-state index contributed by atoms with van der Waals surface area (Å²) >= 11 is 0. The van der Waals surface area contributed by atoms with Crippen molar-refractivity contribution in [1.29, 1.82) is 5.26 Å². The van der Waals surface area contributed by atoms with Crippen LogP contribution in [0.1, 0.15) is 6.42 Å². The van der Waals surface area contributed by atoms with Crippen molar-refractivity contribution in [2.45, 2.75) is 18.1 Å². The Bertz CT molecular complexity index is 372. The van der Waals surface area contributed by atoms with E-state index < -0.39 is 11.7 Å². The van der Waals surface area contributed by atoms with Crippen molar-refractivity contribution >= 4 is 15.7 Å². The Morgan fingerprint density at radius 1 is 1.67 bits per heavy atom. The first-order chi connectivity index (χ1) is 6.96. The van der Waals surface area contributed by atoms with Crippen LogP contribution in [0.2, 0.25) is 0 Å². The van der Waals surface area contributed by atoms with Crippen molar-refractivity contribution < 1.29 is 14.9 Å². The zero-order valence-electron chi connectivity index (χ0n) is 8.27. The second-order valence-corrected chi connectivity index (χ2v) is 3.32. The van der Waals surface area contributed by atoms with E-state index in [0.717, 1.165) is 0 Å². The van der Waals surface area contributed by atoms with Crippen LogP contribution >= 0.6 is 0 Å². The molecule has 1 rings (SSSR count). The lowest BCUT2D eigenvalue weighted by Gasteiger charge is -2.35. The fraction of sp³-hybridized carbons (Fsp3) is 0.444. The molecule has 0 aromatic rings. The number of aliphatic hydroxyl groups excluding tert-OH is 1. The standard InChI is InChI=1S/C9H9B2NO3/c1-15-7-5(10)4-9(14,2-3-12)8(13)6(7)11/h4,8,13-14H,2H2,1H3/t8-,9-/m0/s1. The quantitative estimate of drug-likeness (QED) is 0.566. The van der Waals surface area contributed by atoms with E-state index >= 15 is 0 Å². The molecule has 2 N–H and O–H groups in total. The first-order valence-electron chi connectivity index (χ1n) is 4.26. The summed E-state index contributed by atoms with van der Waals surface area (Å²) in [5.74, 6) is 0.130. The van der Waals surface area contributed by atoms with Crippen molar-refractivity contribution in [2.75, 3.05) is 7.11 Å². The third-order valence-electron chi connectivity index (χ3n) is 2.26. The number of aliphatic hydroxyl groups is 2. The molecular weight excluding hydrogens is 192 g/mol. The number of methoxy groups -OCH3 is 1. The molecule has 4 nitrogen and oxygen atoms in total. The second-order valence-electron chi connectivity index (χ2n) is 3.32. The zero-order chi connectivity index (χ0) is 11.6. The van der Waals surface area contributed by atoms with Crippen LogP contribution < -0.4 is 0 Å². The molecule has 0 unspecified atom stereocenters. The number of ether oxygens (including phenoxy) is 1. The molecule has 0 amide bonds. The van der Waals surface area contributed by atoms with E-state index in [1.54, 1.807) is 6.07 Å². The highest BCUT2D eigenvalue weighted by Gasteiger charge is 2.38. The molecule has 0 fully saturated rings. The lowest BCUT2D eigenvalue weighted by atomic mass is 9.69. The van der Waals surface area contributed by atoms with Gasteiger partial charge in [-0.05, 0) is 5.47 Å². The van der Waals surface area contributed by atoms with Crippen LogP contribution in [0.5, 0.6) is 0 Å². The molecule has 0 heterocycles. The maximum absolute atomic E-state index is 9.90. The molecule has 0 aromatic carbocycles. The molecule has 0 aromatic heterocycles. The van der Waals surface area contributed by atoms with Gasteiger partial charge in [0.15, 0.2) is 0 Å². The molecule has 15 heavy (non-hydrogen) atoms. The fourth-order valence-electron chi connectivity index (χ4n) is 1.48. The molecular formula is C9H9B2NO3. The van der Waals surface area contributed by atoms with Gasteiger partial charge in [-0.1, -0.05) is 11.5 Å². The monoisotopic (exact) mass is 201 g/mol. The fourth-order valence-corrected chi connectivity index (χ4v) is 1.48. The Morgan fingerprint density at radius 3 is 2.73 bits per heavy atom. The number of rotatable bonds is 2. The first-order valence-corrected chi connectivity index (χ1v) is 4.26. The van der Waals surface area contributed by atoms with Gasteiger partial charge in [0, 0.05) is 0 Å². The van der Waals surface area contributed by atoms with Gasteiger partial charge in [0.05, 0.1) is 19.6 Å². The summed E-state index contributed by atoms with van der Waals surface area (Å²) in [6.45, 7) is 0. The van der Waals surface area contributed by atoms with E-state index in [9.17, 15) is 10.2 Å². The van der Waals surface area contributed by atoms with Gasteiger partial charge in [0.1, 0.15) is 33.2 Å². The normalized spacial score (nSPS) is 30.8. The molecule has 6 heteroatoms. The zero-order valence-corrected chi connectivity index (χ0v) is 8.27. The number of hydrogen-bond acceptors (Lipinski definition) is 4. The predicted molar refractivity (Wildman–Crippen MR) is 54.8 cm³/mol. The Kier molecular flexibility index (Phi) is 3.28. The van der Waals surface area contributed by atoms with Crippen LogP contribution in [-0.4, -0.2) is 44.7 Å². The summed E-state index contributed by atoms with van der Waals surface area (Å²) < 4.78 is 4.86. The van der Waals surface area contributed by atoms with Gasteiger partial charge >= 0.3 is 0 Å². The molecule has 1 aliphatic carbocycles. The van der Waals surface area contributed by atoms with Gasteiger partial charge in [0.2, 0.25) is 0 Å². The van der Waals surface area contributed by atoms with E-state index in [4.69, 9.17) is 25.7 Å². The summed E-state index contributed by atoms with van der Waals surface area (Å²) in [4.78, 5) is 0. The Labute approximate surface area is 90.7 Å². The third kappa shape index (κ3) is 1.94. The molecule has 0 saturated heterocycles. The average Bonchev–Trinajstić information content (AvgIpc) is 2.15. The SMILES string of the molecule is [B]C1=C[C@@](O)(CC#N)[C@@H](O)C([B])=C1OC. The number of nitrogens with zero attached hydrogens (tertiary/aromatic N) is 1. The average molecular weight is 201 g/mol. The van der Waals surface area contributed by atoms with E-state index in [-0.39, 0.29) is 23.1 Å². The third-order valence-corrected chi connectivity index (χ3v) is 2.26. The molecule has 4 radical (unpaired) electrons. The summed E-state index contributed by atoms with van der Waals surface area (Å²) in [7, 11) is 12.5. The maximum Gasteiger partial charge on any atom is 0.124 e. The largest absolute Gasteiger partial charge is 0.498 e. The molecule has 74 valence electrons. The molecule has 0 aliphatic heterocycles. The highest BCUT2D eigenvalue weighted by Crippen LogP contribution is 2.31. The number of allylic oxidation sites excluding steroid dienone is 1. The number of hydrogen-bond donors (Lipinski definition) is 2. The second kappa shape index (κ2) is 4.13. The van der Waals surface area contributed by atoms with Crippen LogP contribution in [0, 0.1) is 11.3 Å². The molecule has 1 aliphatic rings. The van der Waals surface area contributed by atoms with Gasteiger partial charge in [-0.25, -0.2) is 0 Å². The summed E-state index contributed by atoms with van der Waals surface area (Å²) in [5, 5.41) is 28.1. The van der Waals surface area contributed by atoms with Crippen LogP contribution in [-0.2, 0) is 4.74 Å². The minimum absolute atomic E-state index is 0.0738. The minimum Gasteiger partial charge on any atom is -0.498 e. The molecule has 0 bridgehead atoms. The van der Waals surface area contributed by atoms with Crippen molar-refractivity contribution in [3.05, 3.63) is 22.8 Å². The van der Waals surface area contributed by atoms with E-state index in [2.05, 4.69) is 0 Å². The summed E-state index contributed by atoms with van der Waals surface area (Å²) in [6.07, 6.45) is -0.512. The van der Waals surface area contributed by atoms with Gasteiger partial charge in [-0.15, -0.1) is 0 Å². The Hall–Kier alpha value is -1.18. The summed E-state index contributed by atoms with van der Waals surface area (Å²) in [5.41, 5.74) is -1.71. The molecule has 0 saturated carbocycles. The highest BCUT2D eigenvalue weighted by atomic mass is 16.5. The smallest absolute Gasteiger partial charge is 0.124 e. The van der Waals surface area contributed by atoms with Gasteiger partial charge in [-0.2, -0.15) is 5.26 Å². The Morgan fingerprint density at radius 2 is 2.27 bits per heavy atom. The highest BCUT2D eigenvalue weighted by molar-refractivity contribution is 6.29. The minimum atomic E-state index is -1.75. The summed E-state index contributed by atoms with van der Waals surface area (Å²) in [6, 6.07) is 1.75. The van der Waals surface area contributed by atoms with E-state index in [1.165, 1.54) is 13.2 Å². The van der Waals surface area contributed by atoms with Gasteiger partial charge < -0.3 is 14.9 Å². The van der Waals surface area contributed by atoms with Gasteiger partial charge in [-0.3, -0.25) is 0 Å². The van der Waals surface area contributed by atoms with Gasteiger partial charge in [0.25, 0.3) is 0 Å². The van der Waals surface area contributed by atoms with Crippen LogP contribution in [0.4, 0.5) is 0 Å². The predicted octanol–water partition coefficient (Wildman–Crippen LogP) is -0.915. The lowest BCUT2D eigenvalue weighted by molar-refractivity contribution is -0.0175. The van der Waals surface area contributed by atoms with Crippen LogP contribution in [0.25, 0.3) is 0 Å². The van der Waals surface area contributed by atoms with E-state index in [1.807, 2.05) is 0 Å². The van der Waals surface area contributed by atoms with E-state index in [0.29, 0.717) is 0 Å². The topological polar surface area (TPSA) is 73.5 Å². The molecule has 2 atom stereocenters.